The molecule has 0 saturated carbocycles. The Labute approximate surface area is 184 Å². The van der Waals surface area contributed by atoms with Crippen LogP contribution in [0.2, 0.25) is 0 Å². The van der Waals surface area contributed by atoms with Gasteiger partial charge in [0.25, 0.3) is 0 Å². The van der Waals surface area contributed by atoms with Crippen molar-refractivity contribution in [1.82, 2.24) is 9.55 Å². The Hall–Kier alpha value is -3.46. The van der Waals surface area contributed by atoms with Crippen LogP contribution in [0, 0.1) is 11.7 Å². The van der Waals surface area contributed by atoms with E-state index < -0.39 is 23.0 Å². The van der Waals surface area contributed by atoms with Crippen molar-refractivity contribution in [2.24, 2.45) is 5.92 Å². The molecule has 0 saturated heterocycles. The highest BCUT2D eigenvalue weighted by Crippen LogP contribution is 2.31. The molecule has 3 N–H and O–H groups in total. The maximum absolute atomic E-state index is 13.3. The molecule has 170 valence electrons. The number of hydrogen-bond donors (Lipinski definition) is 3. The molecule has 1 unspecified atom stereocenters. The maximum atomic E-state index is 13.3. The van der Waals surface area contributed by atoms with Crippen molar-refractivity contribution >= 4 is 22.7 Å². The number of anilines is 1. The topological polar surface area (TPSA) is 114 Å². The highest BCUT2D eigenvalue weighted by atomic mass is 19.1. The molecule has 9 heteroatoms. The van der Waals surface area contributed by atoms with Crippen LogP contribution in [0.5, 0.6) is 5.88 Å². The van der Waals surface area contributed by atoms with Gasteiger partial charge in [-0.2, -0.15) is 4.98 Å². The van der Waals surface area contributed by atoms with Gasteiger partial charge in [-0.1, -0.05) is 26.0 Å². The first-order valence-electron chi connectivity index (χ1n) is 10.2. The van der Waals surface area contributed by atoms with Crippen molar-refractivity contribution in [2.75, 3.05) is 19.0 Å². The number of rotatable bonds is 8. The van der Waals surface area contributed by atoms with E-state index in [1.54, 1.807) is 12.1 Å². The van der Waals surface area contributed by atoms with Crippen LogP contribution in [0.4, 0.5) is 10.1 Å². The number of halogens is 1. The van der Waals surface area contributed by atoms with Gasteiger partial charge in [0.2, 0.25) is 11.3 Å². The van der Waals surface area contributed by atoms with E-state index in [0.29, 0.717) is 5.69 Å². The van der Waals surface area contributed by atoms with E-state index in [9.17, 15) is 24.2 Å². The molecule has 0 fully saturated rings. The predicted molar refractivity (Wildman–Crippen MR) is 119 cm³/mol. The molecule has 0 aliphatic heterocycles. The second-order valence-corrected chi connectivity index (χ2v) is 7.91. The first-order valence-corrected chi connectivity index (χ1v) is 10.2. The second kappa shape index (κ2) is 9.35. The van der Waals surface area contributed by atoms with Crippen LogP contribution >= 0.6 is 0 Å². The molecule has 3 aromatic rings. The molecular formula is C23H26FN3O5. The number of ether oxygens (including phenoxy) is 1. The fraction of sp³-hybridized carbons (Fsp3) is 0.348. The molecular weight excluding hydrogens is 417 g/mol. The lowest BCUT2D eigenvalue weighted by Gasteiger charge is -2.25. The lowest BCUT2D eigenvalue weighted by Crippen LogP contribution is -2.26. The van der Waals surface area contributed by atoms with Crippen molar-refractivity contribution in [3.63, 3.8) is 0 Å². The van der Waals surface area contributed by atoms with E-state index in [1.807, 2.05) is 20.8 Å². The smallest absolute Gasteiger partial charge is 0.341 e. The Morgan fingerprint density at radius 1 is 1.25 bits per heavy atom. The summed E-state index contributed by atoms with van der Waals surface area (Å²) in [7, 11) is 1.43. The molecule has 0 radical (unpaired) electrons. The van der Waals surface area contributed by atoms with Crippen LogP contribution in [0.1, 0.15) is 48.8 Å². The van der Waals surface area contributed by atoms with Gasteiger partial charge in [0.05, 0.1) is 30.8 Å². The Balaban J connectivity index is 2.21. The van der Waals surface area contributed by atoms with E-state index >= 15 is 0 Å². The molecule has 32 heavy (non-hydrogen) atoms. The van der Waals surface area contributed by atoms with Gasteiger partial charge in [-0.15, -0.1) is 0 Å². The maximum Gasteiger partial charge on any atom is 0.341 e. The zero-order valence-corrected chi connectivity index (χ0v) is 18.3. The van der Waals surface area contributed by atoms with Crippen LogP contribution in [0.25, 0.3) is 11.0 Å². The Kier molecular flexibility index (Phi) is 6.78. The zero-order valence-electron chi connectivity index (χ0n) is 18.3. The summed E-state index contributed by atoms with van der Waals surface area (Å²) in [6.45, 7) is 5.34. The quantitative estimate of drug-likeness (QED) is 0.487. The fourth-order valence-corrected chi connectivity index (χ4v) is 3.61. The fourth-order valence-electron chi connectivity index (χ4n) is 3.61. The third-order valence-electron chi connectivity index (χ3n) is 5.45. The highest BCUT2D eigenvalue weighted by Gasteiger charge is 2.24. The number of fused-ring (bicyclic) bond motifs is 1. The number of hydrogen-bond acceptors (Lipinski definition) is 6. The Bertz CT molecular complexity index is 1190. The average molecular weight is 443 g/mol. The van der Waals surface area contributed by atoms with E-state index in [0.717, 1.165) is 5.56 Å². The van der Waals surface area contributed by atoms with Crippen LogP contribution < -0.4 is 15.5 Å². The minimum atomic E-state index is -1.36. The molecule has 2 atom stereocenters. The normalized spacial score (nSPS) is 13.2. The third kappa shape index (κ3) is 4.43. The van der Waals surface area contributed by atoms with Crippen molar-refractivity contribution in [3.8, 4) is 5.88 Å². The van der Waals surface area contributed by atoms with E-state index in [2.05, 4.69) is 10.3 Å². The lowest BCUT2D eigenvalue weighted by molar-refractivity contribution is 0.0694. The van der Waals surface area contributed by atoms with Crippen molar-refractivity contribution in [3.05, 3.63) is 63.7 Å². The molecule has 1 aromatic carbocycles. The molecule has 0 spiro atoms. The zero-order chi connectivity index (χ0) is 23.6. The van der Waals surface area contributed by atoms with Crippen LogP contribution in [-0.2, 0) is 0 Å². The van der Waals surface area contributed by atoms with Gasteiger partial charge < -0.3 is 24.8 Å². The largest absolute Gasteiger partial charge is 0.479 e. The number of nitrogens with zero attached hydrogens (tertiary/aromatic N) is 2. The van der Waals surface area contributed by atoms with E-state index in [4.69, 9.17) is 4.74 Å². The molecule has 3 rings (SSSR count). The number of benzene rings is 1. The van der Waals surface area contributed by atoms with Crippen molar-refractivity contribution in [2.45, 2.75) is 32.9 Å². The number of methoxy groups -OCH3 is 1. The van der Waals surface area contributed by atoms with Gasteiger partial charge in [-0.05, 0) is 36.6 Å². The molecule has 0 aliphatic carbocycles. The SMILES string of the molecule is COc1nc2c(cc1N[C@@H](C)c1ccc(F)cc1)c(=O)c(C(=O)O)cn2C(CO)C(C)C. The summed E-state index contributed by atoms with van der Waals surface area (Å²) < 4.78 is 20.2. The van der Waals surface area contributed by atoms with Gasteiger partial charge in [-0.3, -0.25) is 4.79 Å². The highest BCUT2D eigenvalue weighted by molar-refractivity contribution is 5.93. The molecule has 0 amide bonds. The first kappa shape index (κ1) is 23.2. The van der Waals surface area contributed by atoms with Crippen LogP contribution in [0.15, 0.2) is 41.3 Å². The molecule has 0 aliphatic rings. The number of carboxylic acids is 1. The number of aliphatic hydroxyl groups excluding tert-OH is 1. The molecule has 2 aromatic heterocycles. The Morgan fingerprint density at radius 3 is 2.44 bits per heavy atom. The summed E-state index contributed by atoms with van der Waals surface area (Å²) in [5.41, 5.74) is 0.293. The summed E-state index contributed by atoms with van der Waals surface area (Å²) >= 11 is 0. The second-order valence-electron chi connectivity index (χ2n) is 7.91. The minimum Gasteiger partial charge on any atom is -0.479 e. The number of aliphatic hydroxyl groups is 1. The minimum absolute atomic E-state index is 0.0589. The van der Waals surface area contributed by atoms with Gasteiger partial charge in [0.1, 0.15) is 17.0 Å². The van der Waals surface area contributed by atoms with Crippen molar-refractivity contribution < 1.29 is 24.1 Å². The summed E-state index contributed by atoms with van der Waals surface area (Å²) in [6.07, 6.45) is 1.22. The van der Waals surface area contributed by atoms with Gasteiger partial charge in [-0.25, -0.2) is 9.18 Å². The Morgan fingerprint density at radius 2 is 1.91 bits per heavy atom. The van der Waals surface area contributed by atoms with Gasteiger partial charge >= 0.3 is 5.97 Å². The standard InChI is InChI=1S/C23H26FN3O5/c1-12(2)19(11-28)27-10-17(23(30)31)20(29)16-9-18(22(32-4)26-21(16)27)25-13(3)14-5-7-15(24)8-6-14/h5-10,12-13,19,25,28H,11H2,1-4H3,(H,30,31)/t13-,19?/m0/s1. The molecule has 8 nitrogen and oxygen atoms in total. The number of carbonyl (C=O) groups is 1. The van der Waals surface area contributed by atoms with E-state index in [-0.39, 0.29) is 41.3 Å². The van der Waals surface area contributed by atoms with Crippen LogP contribution in [0.3, 0.4) is 0 Å². The summed E-state index contributed by atoms with van der Waals surface area (Å²) in [4.78, 5) is 29.2. The number of aromatic carboxylic acids is 1. The number of carboxylic acid groups (broad SMARTS) is 1. The molecule has 2 heterocycles. The van der Waals surface area contributed by atoms with Gasteiger partial charge in [0, 0.05) is 12.2 Å². The third-order valence-corrected chi connectivity index (χ3v) is 5.45. The first-order chi connectivity index (χ1) is 15.2. The summed E-state index contributed by atoms with van der Waals surface area (Å²) in [5, 5.41) is 22.7. The van der Waals surface area contributed by atoms with E-state index in [1.165, 1.54) is 36.1 Å². The predicted octanol–water partition coefficient (Wildman–Crippen LogP) is 3.60. The summed E-state index contributed by atoms with van der Waals surface area (Å²) in [6, 6.07) is 6.70. The van der Waals surface area contributed by atoms with Gasteiger partial charge in [0.15, 0.2) is 0 Å². The summed E-state index contributed by atoms with van der Waals surface area (Å²) in [5.74, 6) is -1.58. The lowest BCUT2D eigenvalue weighted by atomic mass is 10.0. The number of pyridine rings is 2. The average Bonchev–Trinajstić information content (AvgIpc) is 2.75. The number of aromatic nitrogens is 2. The monoisotopic (exact) mass is 443 g/mol. The van der Waals surface area contributed by atoms with Crippen LogP contribution in [-0.4, -0.2) is 39.5 Å². The van der Waals surface area contributed by atoms with Crippen molar-refractivity contribution in [1.29, 1.82) is 0 Å². The number of nitrogens with one attached hydrogen (secondary N) is 1. The molecule has 0 bridgehead atoms.